The number of carbonyl (C=O) groups excluding carboxylic acids is 1. The fourth-order valence-electron chi connectivity index (χ4n) is 1.35. The van der Waals surface area contributed by atoms with Crippen LogP contribution in [0.5, 0.6) is 0 Å². The third kappa shape index (κ3) is 3.76. The number of anilines is 1. The van der Waals surface area contributed by atoms with Crippen molar-refractivity contribution in [2.24, 2.45) is 0 Å². The average molecular weight is 276 g/mol. The highest BCUT2D eigenvalue weighted by molar-refractivity contribution is 7.85. The van der Waals surface area contributed by atoms with Gasteiger partial charge in [0.15, 0.2) is 0 Å². The Hall–Kier alpha value is -1.50. The molecule has 0 saturated carbocycles. The van der Waals surface area contributed by atoms with Crippen LogP contribution in [0.2, 0.25) is 0 Å². The Morgan fingerprint density at radius 3 is 2.33 bits per heavy atom. The lowest BCUT2D eigenvalue weighted by molar-refractivity contribution is -0.119. The summed E-state index contributed by atoms with van der Waals surface area (Å²) in [4.78, 5) is 10.7. The molecule has 1 rings (SSSR count). The summed E-state index contributed by atoms with van der Waals surface area (Å²) in [6.07, 6.45) is 0. The Morgan fingerprint density at radius 1 is 1.39 bits per heavy atom. The van der Waals surface area contributed by atoms with Crippen LogP contribution in [0.3, 0.4) is 0 Å². The van der Waals surface area contributed by atoms with Gasteiger partial charge in [-0.3, -0.25) is 9.00 Å². The van der Waals surface area contributed by atoms with Crippen molar-refractivity contribution in [3.05, 3.63) is 23.8 Å². The number of nitrogens with one attached hydrogen (secondary N) is 1. The molecule has 0 bridgehead atoms. The molecule has 1 atom stereocenters. The quantitative estimate of drug-likeness (QED) is 0.811. The molecule has 4 nitrogen and oxygen atoms in total. The van der Waals surface area contributed by atoms with Crippen molar-refractivity contribution in [1.82, 2.24) is 5.32 Å². The molecule has 100 valence electrons. The normalized spacial score (nSPS) is 12.5. The summed E-state index contributed by atoms with van der Waals surface area (Å²) in [6, 6.07) is 1.61. The number of hydrogen-bond acceptors (Lipinski definition) is 3. The van der Waals surface area contributed by atoms with Crippen LogP contribution in [-0.2, 0) is 15.6 Å². The minimum atomic E-state index is -2.08. The minimum absolute atomic E-state index is 0.0996. The van der Waals surface area contributed by atoms with Crippen molar-refractivity contribution >= 4 is 22.4 Å². The SMILES string of the molecule is CC(C)NC(=O)CS(=O)c1c(F)cc(N)cc1F. The molecule has 18 heavy (non-hydrogen) atoms. The monoisotopic (exact) mass is 276 g/mol. The first-order valence-corrected chi connectivity index (χ1v) is 6.55. The van der Waals surface area contributed by atoms with E-state index in [4.69, 9.17) is 5.73 Å². The van der Waals surface area contributed by atoms with Gasteiger partial charge in [-0.15, -0.1) is 0 Å². The van der Waals surface area contributed by atoms with Gasteiger partial charge in [0, 0.05) is 11.7 Å². The maximum absolute atomic E-state index is 13.4. The molecule has 0 fully saturated rings. The molecule has 0 aromatic heterocycles. The van der Waals surface area contributed by atoms with Gasteiger partial charge in [0.05, 0.1) is 10.8 Å². The molecule has 0 aliphatic carbocycles. The van der Waals surface area contributed by atoms with Crippen molar-refractivity contribution in [2.45, 2.75) is 24.8 Å². The summed E-state index contributed by atoms with van der Waals surface area (Å²) in [7, 11) is -2.08. The zero-order valence-electron chi connectivity index (χ0n) is 10.00. The topological polar surface area (TPSA) is 72.2 Å². The van der Waals surface area contributed by atoms with Crippen LogP contribution in [0.4, 0.5) is 14.5 Å². The summed E-state index contributed by atoms with van der Waals surface area (Å²) in [5.74, 6) is -3.04. The molecule has 1 aromatic rings. The molecule has 0 spiro atoms. The number of benzene rings is 1. The van der Waals surface area contributed by atoms with E-state index < -0.39 is 39.0 Å². The second kappa shape index (κ2) is 5.90. The number of rotatable bonds is 4. The van der Waals surface area contributed by atoms with Crippen LogP contribution in [-0.4, -0.2) is 21.9 Å². The molecule has 0 radical (unpaired) electrons. The zero-order chi connectivity index (χ0) is 13.9. The number of hydrogen-bond donors (Lipinski definition) is 2. The fraction of sp³-hybridized carbons (Fsp3) is 0.364. The van der Waals surface area contributed by atoms with Crippen molar-refractivity contribution in [1.29, 1.82) is 0 Å². The summed E-state index contributed by atoms with van der Waals surface area (Å²) in [5.41, 5.74) is 5.14. The summed E-state index contributed by atoms with van der Waals surface area (Å²) in [6.45, 7) is 3.45. The van der Waals surface area contributed by atoms with Gasteiger partial charge in [-0.05, 0) is 26.0 Å². The maximum atomic E-state index is 13.4. The van der Waals surface area contributed by atoms with E-state index >= 15 is 0 Å². The Bertz CT molecular complexity index is 469. The number of halogens is 2. The lowest BCUT2D eigenvalue weighted by Crippen LogP contribution is -2.34. The van der Waals surface area contributed by atoms with Gasteiger partial charge in [0.2, 0.25) is 5.91 Å². The second-order valence-electron chi connectivity index (χ2n) is 4.03. The van der Waals surface area contributed by atoms with E-state index in [0.29, 0.717) is 0 Å². The van der Waals surface area contributed by atoms with Crippen molar-refractivity contribution < 1.29 is 17.8 Å². The molecule has 0 aliphatic rings. The van der Waals surface area contributed by atoms with E-state index in [1.54, 1.807) is 13.8 Å². The van der Waals surface area contributed by atoms with E-state index in [0.717, 1.165) is 12.1 Å². The van der Waals surface area contributed by atoms with E-state index in [-0.39, 0.29) is 11.7 Å². The lowest BCUT2D eigenvalue weighted by Gasteiger charge is -2.09. The van der Waals surface area contributed by atoms with E-state index in [9.17, 15) is 17.8 Å². The van der Waals surface area contributed by atoms with Crippen LogP contribution >= 0.6 is 0 Å². The highest BCUT2D eigenvalue weighted by Gasteiger charge is 2.19. The largest absolute Gasteiger partial charge is 0.399 e. The highest BCUT2D eigenvalue weighted by Crippen LogP contribution is 2.20. The lowest BCUT2D eigenvalue weighted by atomic mass is 10.3. The third-order valence-electron chi connectivity index (χ3n) is 1.96. The molecule has 1 amide bonds. The molecule has 0 aliphatic heterocycles. The average Bonchev–Trinajstić information content (AvgIpc) is 2.12. The highest BCUT2D eigenvalue weighted by atomic mass is 32.2. The molecular formula is C11H14F2N2O2S. The number of amides is 1. The molecule has 3 N–H and O–H groups in total. The van der Waals surface area contributed by atoms with Gasteiger partial charge in [0.1, 0.15) is 22.3 Å². The van der Waals surface area contributed by atoms with Crippen molar-refractivity contribution in [3.63, 3.8) is 0 Å². The third-order valence-corrected chi connectivity index (χ3v) is 3.33. The van der Waals surface area contributed by atoms with Gasteiger partial charge in [0.25, 0.3) is 0 Å². The van der Waals surface area contributed by atoms with Gasteiger partial charge in [-0.2, -0.15) is 0 Å². The van der Waals surface area contributed by atoms with Crippen LogP contribution in [0.15, 0.2) is 17.0 Å². The Morgan fingerprint density at radius 2 is 1.89 bits per heavy atom. The Kier molecular flexibility index (Phi) is 4.77. The van der Waals surface area contributed by atoms with Gasteiger partial charge in [-0.25, -0.2) is 8.78 Å². The summed E-state index contributed by atoms with van der Waals surface area (Å²) < 4.78 is 38.6. The van der Waals surface area contributed by atoms with Crippen LogP contribution in [0, 0.1) is 11.6 Å². The van der Waals surface area contributed by atoms with Crippen molar-refractivity contribution in [2.75, 3.05) is 11.5 Å². The maximum Gasteiger partial charge on any atom is 0.233 e. The predicted octanol–water partition coefficient (Wildman–Crippen LogP) is 1.18. The van der Waals surface area contributed by atoms with Crippen LogP contribution in [0.25, 0.3) is 0 Å². The molecule has 1 aromatic carbocycles. The van der Waals surface area contributed by atoms with E-state index in [1.165, 1.54) is 0 Å². The first kappa shape index (κ1) is 14.6. The van der Waals surface area contributed by atoms with Gasteiger partial charge < -0.3 is 11.1 Å². The Labute approximate surface area is 106 Å². The first-order valence-electron chi connectivity index (χ1n) is 5.23. The number of nitrogens with two attached hydrogens (primary N) is 1. The minimum Gasteiger partial charge on any atom is -0.399 e. The molecule has 1 unspecified atom stereocenters. The second-order valence-corrected chi connectivity index (χ2v) is 5.41. The smallest absolute Gasteiger partial charge is 0.233 e. The summed E-state index contributed by atoms with van der Waals surface area (Å²) >= 11 is 0. The molecular weight excluding hydrogens is 262 g/mol. The standard InChI is InChI=1S/C11H14F2N2O2S/c1-6(2)15-10(16)5-18(17)11-8(12)3-7(14)4-9(11)13/h3-4,6H,5,14H2,1-2H3,(H,15,16). The fourth-order valence-corrected chi connectivity index (χ4v) is 2.37. The van der Waals surface area contributed by atoms with Gasteiger partial charge >= 0.3 is 0 Å². The molecule has 0 saturated heterocycles. The van der Waals surface area contributed by atoms with Gasteiger partial charge in [-0.1, -0.05) is 0 Å². The van der Waals surface area contributed by atoms with E-state index in [1.807, 2.05) is 0 Å². The predicted molar refractivity (Wildman–Crippen MR) is 65.3 cm³/mol. The number of nitrogen functional groups attached to an aromatic ring is 1. The van der Waals surface area contributed by atoms with Crippen molar-refractivity contribution in [3.8, 4) is 0 Å². The molecule has 7 heteroatoms. The van der Waals surface area contributed by atoms with Crippen LogP contribution in [0.1, 0.15) is 13.8 Å². The number of carbonyl (C=O) groups is 1. The zero-order valence-corrected chi connectivity index (χ0v) is 10.8. The van der Waals surface area contributed by atoms with Crippen LogP contribution < -0.4 is 11.1 Å². The molecule has 0 heterocycles. The van der Waals surface area contributed by atoms with E-state index in [2.05, 4.69) is 5.32 Å². The first-order chi connectivity index (χ1) is 8.31. The summed E-state index contributed by atoms with van der Waals surface area (Å²) in [5, 5.41) is 2.49. The Balaban J connectivity index is 2.88.